The zero-order valence-corrected chi connectivity index (χ0v) is 15.6. The first kappa shape index (κ1) is 17.7. The number of carbonyl (C=O) groups excluding carboxylic acids is 2. The molecule has 130 valence electrons. The van der Waals surface area contributed by atoms with E-state index in [0.29, 0.717) is 37.4 Å². The average molecular weight is 453 g/mol. The highest BCUT2D eigenvalue weighted by Crippen LogP contribution is 2.14. The van der Waals surface area contributed by atoms with Gasteiger partial charge >= 0.3 is 6.03 Å². The fourth-order valence-electron chi connectivity index (χ4n) is 2.65. The van der Waals surface area contributed by atoms with Crippen molar-refractivity contribution in [3.63, 3.8) is 0 Å². The van der Waals surface area contributed by atoms with Crippen molar-refractivity contribution >= 4 is 40.2 Å². The molecule has 1 saturated heterocycles. The lowest BCUT2D eigenvalue weighted by Crippen LogP contribution is -2.51. The second kappa shape index (κ2) is 7.81. The molecule has 1 heterocycles. The monoisotopic (exact) mass is 453 g/mol. The molecule has 0 bridgehead atoms. The van der Waals surface area contributed by atoms with Crippen LogP contribution in [0.5, 0.6) is 0 Å². The largest absolute Gasteiger partial charge is 0.335 e. The van der Waals surface area contributed by atoms with E-state index in [1.807, 2.05) is 18.2 Å². The molecule has 0 atom stereocenters. The zero-order chi connectivity index (χ0) is 17.8. The van der Waals surface area contributed by atoms with Crippen LogP contribution in [-0.2, 0) is 0 Å². The topological polar surface area (TPSA) is 52.7 Å². The van der Waals surface area contributed by atoms with Crippen LogP contribution in [0.2, 0.25) is 0 Å². The standard InChI is InChI=1S/C18H17FIN3O2/c19-14-4-6-16(7-5-14)21-18(25)23-10-8-22(9-11-23)17(24)13-2-1-3-15(20)12-13/h1-7,12H,8-11H2,(H,21,25). The zero-order valence-electron chi connectivity index (χ0n) is 13.4. The van der Waals surface area contributed by atoms with E-state index in [1.54, 1.807) is 15.9 Å². The van der Waals surface area contributed by atoms with Crippen molar-refractivity contribution in [1.29, 1.82) is 0 Å². The number of nitrogens with one attached hydrogen (secondary N) is 1. The molecule has 2 aromatic rings. The third kappa shape index (κ3) is 4.47. The SMILES string of the molecule is O=C(Nc1ccc(F)cc1)N1CCN(C(=O)c2cccc(I)c2)CC1. The van der Waals surface area contributed by atoms with Gasteiger partial charge in [-0.05, 0) is 65.1 Å². The van der Waals surface area contributed by atoms with E-state index in [9.17, 15) is 14.0 Å². The summed E-state index contributed by atoms with van der Waals surface area (Å²) in [4.78, 5) is 28.2. The van der Waals surface area contributed by atoms with Gasteiger partial charge in [-0.15, -0.1) is 0 Å². The number of carbonyl (C=O) groups is 2. The number of urea groups is 1. The fourth-order valence-corrected chi connectivity index (χ4v) is 3.20. The number of amides is 3. The number of hydrogen-bond acceptors (Lipinski definition) is 2. The third-order valence-corrected chi connectivity index (χ3v) is 4.69. The van der Waals surface area contributed by atoms with Gasteiger partial charge in [0.2, 0.25) is 0 Å². The number of benzene rings is 2. The summed E-state index contributed by atoms with van der Waals surface area (Å²) < 4.78 is 13.9. The van der Waals surface area contributed by atoms with E-state index in [2.05, 4.69) is 27.9 Å². The van der Waals surface area contributed by atoms with E-state index in [0.717, 1.165) is 3.57 Å². The molecule has 1 aliphatic rings. The molecule has 7 heteroatoms. The van der Waals surface area contributed by atoms with Crippen LogP contribution in [0.3, 0.4) is 0 Å². The molecule has 5 nitrogen and oxygen atoms in total. The molecule has 0 saturated carbocycles. The van der Waals surface area contributed by atoms with Crippen LogP contribution in [0.4, 0.5) is 14.9 Å². The van der Waals surface area contributed by atoms with Gasteiger partial charge in [-0.2, -0.15) is 0 Å². The first-order valence-electron chi connectivity index (χ1n) is 7.89. The summed E-state index contributed by atoms with van der Waals surface area (Å²) in [7, 11) is 0. The Hall–Kier alpha value is -2.16. The summed E-state index contributed by atoms with van der Waals surface area (Å²) in [5.74, 6) is -0.363. The molecule has 0 aliphatic carbocycles. The Labute approximate surface area is 158 Å². The van der Waals surface area contributed by atoms with Gasteiger partial charge in [0.05, 0.1) is 0 Å². The van der Waals surface area contributed by atoms with E-state index < -0.39 is 0 Å². The van der Waals surface area contributed by atoms with Crippen molar-refractivity contribution in [3.05, 3.63) is 63.5 Å². The molecule has 25 heavy (non-hydrogen) atoms. The molecule has 0 unspecified atom stereocenters. The lowest BCUT2D eigenvalue weighted by molar-refractivity contribution is 0.0671. The smallest absolute Gasteiger partial charge is 0.321 e. The van der Waals surface area contributed by atoms with Crippen molar-refractivity contribution in [2.75, 3.05) is 31.5 Å². The normalized spacial score (nSPS) is 14.3. The molecule has 0 radical (unpaired) electrons. The number of anilines is 1. The van der Waals surface area contributed by atoms with Gasteiger partial charge < -0.3 is 15.1 Å². The molecular formula is C18H17FIN3O2. The van der Waals surface area contributed by atoms with E-state index in [1.165, 1.54) is 24.3 Å². The van der Waals surface area contributed by atoms with Crippen LogP contribution in [0.25, 0.3) is 0 Å². The minimum atomic E-state index is -0.347. The van der Waals surface area contributed by atoms with E-state index >= 15 is 0 Å². The van der Waals surface area contributed by atoms with Crippen molar-refractivity contribution in [2.24, 2.45) is 0 Å². The summed E-state index contributed by atoms with van der Waals surface area (Å²) in [5.41, 5.74) is 1.21. The molecule has 0 spiro atoms. The predicted molar refractivity (Wildman–Crippen MR) is 102 cm³/mol. The number of halogens is 2. The maximum Gasteiger partial charge on any atom is 0.321 e. The molecule has 1 aliphatic heterocycles. The van der Waals surface area contributed by atoms with Crippen LogP contribution in [0, 0.1) is 9.39 Å². The Morgan fingerprint density at radius 2 is 1.60 bits per heavy atom. The van der Waals surface area contributed by atoms with Gasteiger partial charge in [0.15, 0.2) is 0 Å². The molecule has 1 fully saturated rings. The quantitative estimate of drug-likeness (QED) is 0.709. The van der Waals surface area contributed by atoms with Crippen molar-refractivity contribution in [2.45, 2.75) is 0 Å². The Kier molecular flexibility index (Phi) is 5.52. The average Bonchev–Trinajstić information content (AvgIpc) is 2.63. The summed E-state index contributed by atoms with van der Waals surface area (Å²) in [6.07, 6.45) is 0. The highest BCUT2D eigenvalue weighted by Gasteiger charge is 2.25. The minimum absolute atomic E-state index is 0.0166. The molecular weight excluding hydrogens is 436 g/mol. The second-order valence-corrected chi connectivity index (χ2v) is 6.97. The maximum atomic E-state index is 12.9. The maximum absolute atomic E-state index is 12.9. The number of hydrogen-bond donors (Lipinski definition) is 1. The van der Waals surface area contributed by atoms with E-state index in [4.69, 9.17) is 0 Å². The van der Waals surface area contributed by atoms with Crippen LogP contribution in [0.15, 0.2) is 48.5 Å². The minimum Gasteiger partial charge on any atom is -0.335 e. The van der Waals surface area contributed by atoms with Crippen LogP contribution in [-0.4, -0.2) is 47.9 Å². The van der Waals surface area contributed by atoms with E-state index in [-0.39, 0.29) is 17.8 Å². The van der Waals surface area contributed by atoms with Gasteiger partial charge in [-0.1, -0.05) is 6.07 Å². The van der Waals surface area contributed by atoms with Crippen molar-refractivity contribution in [1.82, 2.24) is 9.80 Å². The highest BCUT2D eigenvalue weighted by molar-refractivity contribution is 14.1. The lowest BCUT2D eigenvalue weighted by Gasteiger charge is -2.34. The third-order valence-electron chi connectivity index (χ3n) is 4.02. The lowest BCUT2D eigenvalue weighted by atomic mass is 10.2. The van der Waals surface area contributed by atoms with Gasteiger partial charge in [0.25, 0.3) is 5.91 Å². The number of nitrogens with zero attached hydrogens (tertiary/aromatic N) is 2. The number of rotatable bonds is 2. The first-order chi connectivity index (χ1) is 12.0. The Balaban J connectivity index is 1.55. The fraction of sp³-hybridized carbons (Fsp3) is 0.222. The molecule has 1 N–H and O–H groups in total. The summed E-state index contributed by atoms with van der Waals surface area (Å²) in [6, 6.07) is 12.9. The molecule has 0 aromatic heterocycles. The Morgan fingerprint density at radius 3 is 2.24 bits per heavy atom. The highest BCUT2D eigenvalue weighted by atomic mass is 127. The van der Waals surface area contributed by atoms with Crippen LogP contribution >= 0.6 is 22.6 Å². The van der Waals surface area contributed by atoms with Gasteiger partial charge in [-0.25, -0.2) is 9.18 Å². The summed E-state index contributed by atoms with van der Waals surface area (Å²) in [5, 5.41) is 2.74. The molecule has 2 aromatic carbocycles. The molecule has 3 amide bonds. The van der Waals surface area contributed by atoms with Crippen molar-refractivity contribution in [3.8, 4) is 0 Å². The summed E-state index contributed by atoms with van der Waals surface area (Å²) >= 11 is 2.18. The van der Waals surface area contributed by atoms with Crippen LogP contribution < -0.4 is 5.32 Å². The van der Waals surface area contributed by atoms with Gasteiger partial charge in [-0.3, -0.25) is 4.79 Å². The van der Waals surface area contributed by atoms with Gasteiger partial charge in [0, 0.05) is 41.0 Å². The van der Waals surface area contributed by atoms with Gasteiger partial charge in [0.1, 0.15) is 5.82 Å². The second-order valence-electron chi connectivity index (χ2n) is 5.73. The predicted octanol–water partition coefficient (Wildman–Crippen LogP) is 3.42. The number of piperazine rings is 1. The summed E-state index contributed by atoms with van der Waals surface area (Å²) in [6.45, 7) is 1.90. The Morgan fingerprint density at radius 1 is 0.960 bits per heavy atom. The van der Waals surface area contributed by atoms with Crippen LogP contribution in [0.1, 0.15) is 10.4 Å². The first-order valence-corrected chi connectivity index (χ1v) is 8.97. The Bertz CT molecular complexity index is 774. The van der Waals surface area contributed by atoms with Crippen molar-refractivity contribution < 1.29 is 14.0 Å². The molecule has 3 rings (SSSR count).